The molecule has 2 aromatic rings. The van der Waals surface area contributed by atoms with Crippen molar-refractivity contribution in [1.82, 2.24) is 4.90 Å². The number of carbonyl (C=O) groups excluding carboxylic acids is 1. The Morgan fingerprint density at radius 3 is 2.76 bits per heavy atom. The van der Waals surface area contributed by atoms with E-state index < -0.39 is 22.8 Å². The van der Waals surface area contributed by atoms with E-state index >= 15 is 0 Å². The minimum atomic E-state index is -1.17. The van der Waals surface area contributed by atoms with Gasteiger partial charge in [0.15, 0.2) is 0 Å². The van der Waals surface area contributed by atoms with Crippen molar-refractivity contribution in [2.24, 2.45) is 0 Å². The fourth-order valence-corrected chi connectivity index (χ4v) is 4.02. The van der Waals surface area contributed by atoms with Gasteiger partial charge in [0.1, 0.15) is 27.6 Å². The van der Waals surface area contributed by atoms with Crippen LogP contribution in [-0.2, 0) is 9.59 Å². The molecule has 1 amide bonds. The average Bonchev–Trinajstić information content (AvgIpc) is 3.25. The van der Waals surface area contributed by atoms with Gasteiger partial charge in [-0.15, -0.1) is 0 Å². The number of nitro groups is 1. The molecule has 1 aliphatic rings. The first-order chi connectivity index (χ1) is 13.7. The number of benzene rings is 1. The van der Waals surface area contributed by atoms with E-state index in [0.717, 1.165) is 16.7 Å². The Hall–Kier alpha value is -3.18. The summed E-state index contributed by atoms with van der Waals surface area (Å²) in [6.45, 7) is 1.36. The van der Waals surface area contributed by atoms with E-state index in [4.69, 9.17) is 26.5 Å². The van der Waals surface area contributed by atoms with Gasteiger partial charge in [-0.2, -0.15) is 0 Å². The SMILES string of the molecule is COc1ccc(-c2ccc(/C=C3\SC(=S)N(C(C)C(=O)O)C3=O)o2)c([N+](=O)[O-])c1. The highest BCUT2D eigenvalue weighted by molar-refractivity contribution is 8.26. The summed E-state index contributed by atoms with van der Waals surface area (Å²) in [6, 6.07) is 6.37. The Morgan fingerprint density at radius 1 is 1.41 bits per heavy atom. The largest absolute Gasteiger partial charge is 0.497 e. The van der Waals surface area contributed by atoms with Crippen LogP contribution in [0, 0.1) is 10.1 Å². The molecule has 150 valence electrons. The number of hydrogen-bond acceptors (Lipinski definition) is 8. The second kappa shape index (κ2) is 8.05. The zero-order valence-corrected chi connectivity index (χ0v) is 16.8. The van der Waals surface area contributed by atoms with Crippen LogP contribution in [0.25, 0.3) is 17.4 Å². The predicted molar refractivity (Wildman–Crippen MR) is 109 cm³/mol. The number of rotatable bonds is 6. The lowest BCUT2D eigenvalue weighted by Gasteiger charge is -2.18. The van der Waals surface area contributed by atoms with Gasteiger partial charge in [0, 0.05) is 6.08 Å². The van der Waals surface area contributed by atoms with Gasteiger partial charge in [-0.1, -0.05) is 24.0 Å². The van der Waals surface area contributed by atoms with Gasteiger partial charge < -0.3 is 14.3 Å². The number of carbonyl (C=O) groups is 2. The number of carboxylic acids is 1. The number of amides is 1. The van der Waals surface area contributed by atoms with Gasteiger partial charge in [0.05, 0.1) is 28.6 Å². The van der Waals surface area contributed by atoms with Crippen LogP contribution in [-0.4, -0.2) is 44.3 Å². The molecule has 1 aromatic heterocycles. The number of thioether (sulfide) groups is 1. The van der Waals surface area contributed by atoms with Crippen LogP contribution in [0.5, 0.6) is 5.75 Å². The summed E-state index contributed by atoms with van der Waals surface area (Å²) in [6.07, 6.45) is 1.42. The van der Waals surface area contributed by atoms with Crippen molar-refractivity contribution in [1.29, 1.82) is 0 Å². The van der Waals surface area contributed by atoms with Gasteiger partial charge in [-0.3, -0.25) is 19.8 Å². The van der Waals surface area contributed by atoms with Gasteiger partial charge in [0.2, 0.25) is 0 Å². The third-order valence-corrected chi connectivity index (χ3v) is 5.47. The van der Waals surface area contributed by atoms with Crippen molar-refractivity contribution in [2.45, 2.75) is 13.0 Å². The van der Waals surface area contributed by atoms with E-state index in [2.05, 4.69) is 0 Å². The Morgan fingerprint density at radius 2 is 2.14 bits per heavy atom. The Kier molecular flexibility index (Phi) is 5.71. The third kappa shape index (κ3) is 4.00. The molecule has 29 heavy (non-hydrogen) atoms. The van der Waals surface area contributed by atoms with Crippen LogP contribution in [0.2, 0.25) is 0 Å². The molecule has 0 aliphatic carbocycles. The molecule has 1 fully saturated rings. The van der Waals surface area contributed by atoms with E-state index in [-0.39, 0.29) is 32.0 Å². The Bertz CT molecular complexity index is 1060. The molecule has 2 heterocycles. The van der Waals surface area contributed by atoms with Crippen molar-refractivity contribution in [3.8, 4) is 17.1 Å². The molecule has 0 saturated carbocycles. The molecular formula is C18H14N2O7S2. The first kappa shape index (κ1) is 20.6. The summed E-state index contributed by atoms with van der Waals surface area (Å²) in [5.41, 5.74) is 0.0642. The summed E-state index contributed by atoms with van der Waals surface area (Å²) in [4.78, 5) is 35.7. The summed E-state index contributed by atoms with van der Waals surface area (Å²) < 4.78 is 10.8. The molecule has 1 saturated heterocycles. The molecule has 0 radical (unpaired) electrons. The molecule has 0 spiro atoms. The van der Waals surface area contributed by atoms with Crippen molar-refractivity contribution in [2.75, 3.05) is 7.11 Å². The van der Waals surface area contributed by atoms with E-state index in [1.165, 1.54) is 32.2 Å². The maximum absolute atomic E-state index is 12.5. The molecule has 1 atom stereocenters. The molecule has 9 nitrogen and oxygen atoms in total. The van der Waals surface area contributed by atoms with E-state index in [1.807, 2.05) is 0 Å². The van der Waals surface area contributed by atoms with Crippen LogP contribution in [0.4, 0.5) is 5.69 Å². The number of thiocarbonyl (C=S) groups is 1. The zero-order valence-electron chi connectivity index (χ0n) is 15.1. The van der Waals surface area contributed by atoms with Gasteiger partial charge >= 0.3 is 5.97 Å². The molecule has 1 unspecified atom stereocenters. The number of carboxylic acid groups (broad SMARTS) is 1. The lowest BCUT2D eigenvalue weighted by atomic mass is 10.1. The second-order valence-electron chi connectivity index (χ2n) is 5.91. The number of furan rings is 1. The van der Waals surface area contributed by atoms with Crippen molar-refractivity contribution < 1.29 is 28.8 Å². The highest BCUT2D eigenvalue weighted by Crippen LogP contribution is 2.37. The number of hydrogen-bond donors (Lipinski definition) is 1. The number of methoxy groups -OCH3 is 1. The molecule has 3 rings (SSSR count). The number of aliphatic carboxylic acids is 1. The summed E-state index contributed by atoms with van der Waals surface area (Å²) >= 11 is 6.07. The first-order valence-corrected chi connectivity index (χ1v) is 9.38. The highest BCUT2D eigenvalue weighted by atomic mass is 32.2. The fraction of sp³-hybridized carbons (Fsp3) is 0.167. The van der Waals surface area contributed by atoms with Crippen molar-refractivity contribution in [3.63, 3.8) is 0 Å². The molecule has 1 aliphatic heterocycles. The van der Waals surface area contributed by atoms with Crippen LogP contribution in [0.15, 0.2) is 39.7 Å². The summed E-state index contributed by atoms with van der Waals surface area (Å²) in [7, 11) is 1.41. The van der Waals surface area contributed by atoms with Crippen LogP contribution >= 0.6 is 24.0 Å². The normalized spacial score (nSPS) is 16.3. The fourth-order valence-electron chi connectivity index (χ4n) is 2.63. The zero-order chi connectivity index (χ0) is 21.3. The number of ether oxygens (including phenoxy) is 1. The molecule has 1 aromatic carbocycles. The Balaban J connectivity index is 1.92. The smallest absolute Gasteiger partial charge is 0.326 e. The second-order valence-corrected chi connectivity index (χ2v) is 7.58. The first-order valence-electron chi connectivity index (χ1n) is 8.15. The third-order valence-electron chi connectivity index (χ3n) is 4.14. The molecular weight excluding hydrogens is 420 g/mol. The number of nitrogens with zero attached hydrogens (tertiary/aromatic N) is 2. The number of nitro benzene ring substituents is 1. The van der Waals surface area contributed by atoms with Crippen molar-refractivity contribution in [3.05, 3.63) is 51.1 Å². The average molecular weight is 434 g/mol. The van der Waals surface area contributed by atoms with Gasteiger partial charge in [0.25, 0.3) is 11.6 Å². The molecule has 0 bridgehead atoms. The predicted octanol–water partition coefficient (Wildman–Crippen LogP) is 3.54. The van der Waals surface area contributed by atoms with E-state index in [9.17, 15) is 19.7 Å². The lowest BCUT2D eigenvalue weighted by Crippen LogP contribution is -2.41. The van der Waals surface area contributed by atoms with Crippen LogP contribution < -0.4 is 4.74 Å². The van der Waals surface area contributed by atoms with Crippen LogP contribution in [0.3, 0.4) is 0 Å². The van der Waals surface area contributed by atoms with Crippen LogP contribution in [0.1, 0.15) is 12.7 Å². The minimum Gasteiger partial charge on any atom is -0.497 e. The lowest BCUT2D eigenvalue weighted by molar-refractivity contribution is -0.384. The maximum atomic E-state index is 12.5. The summed E-state index contributed by atoms with van der Waals surface area (Å²) in [5.74, 6) is -0.866. The van der Waals surface area contributed by atoms with Gasteiger partial charge in [-0.25, -0.2) is 4.79 Å². The summed E-state index contributed by atoms with van der Waals surface area (Å²) in [5, 5.41) is 20.5. The van der Waals surface area contributed by atoms with E-state index in [1.54, 1.807) is 18.2 Å². The molecule has 1 N–H and O–H groups in total. The minimum absolute atomic E-state index is 0.133. The molecule has 11 heteroatoms. The van der Waals surface area contributed by atoms with E-state index in [0.29, 0.717) is 5.75 Å². The quantitative estimate of drug-likeness (QED) is 0.315. The highest BCUT2D eigenvalue weighted by Gasteiger charge is 2.38. The Labute approximate surface area is 174 Å². The maximum Gasteiger partial charge on any atom is 0.326 e. The monoisotopic (exact) mass is 434 g/mol. The van der Waals surface area contributed by atoms with Gasteiger partial charge in [-0.05, 0) is 31.2 Å². The standard InChI is InChI=1S/C18H14N2O7S2/c1-9(17(22)23)19-16(21)15(29-18(19)28)8-11-4-6-14(27-11)12-5-3-10(26-2)7-13(12)20(24)25/h3-9H,1-2H3,(H,22,23)/b15-8-. The topological polar surface area (TPSA) is 123 Å². The van der Waals surface area contributed by atoms with Crippen molar-refractivity contribution >= 4 is 51.9 Å².